The van der Waals surface area contributed by atoms with Gasteiger partial charge in [0.2, 0.25) is 0 Å². The maximum atomic E-state index is 6.47. The summed E-state index contributed by atoms with van der Waals surface area (Å²) in [5.74, 6) is 0.645. The molecule has 120 valence electrons. The van der Waals surface area contributed by atoms with E-state index in [2.05, 4.69) is 43.0 Å². The summed E-state index contributed by atoms with van der Waals surface area (Å²) in [6.07, 6.45) is 1.18. The lowest BCUT2D eigenvalue weighted by atomic mass is 10.0. The van der Waals surface area contributed by atoms with Gasteiger partial charge in [-0.05, 0) is 39.7 Å². The topological polar surface area (TPSA) is 33.1 Å². The summed E-state index contributed by atoms with van der Waals surface area (Å²) in [5, 5.41) is 9.05. The molecule has 1 fully saturated rings. The zero-order valence-electron chi connectivity index (χ0n) is 14.0. The highest BCUT2D eigenvalue weighted by molar-refractivity contribution is 6.31. The van der Waals surface area contributed by atoms with Gasteiger partial charge in [0.1, 0.15) is 0 Å². The van der Waals surface area contributed by atoms with Crippen molar-refractivity contribution in [3.63, 3.8) is 0 Å². The third kappa shape index (κ3) is 3.79. The largest absolute Gasteiger partial charge is 0.312 e. The molecular formula is C16H29ClN4. The van der Waals surface area contributed by atoms with Crippen LogP contribution in [0.5, 0.6) is 0 Å². The Morgan fingerprint density at radius 2 is 2.14 bits per heavy atom. The average molecular weight is 313 g/mol. The first-order valence-corrected chi connectivity index (χ1v) is 8.51. The van der Waals surface area contributed by atoms with Gasteiger partial charge in [-0.2, -0.15) is 5.10 Å². The van der Waals surface area contributed by atoms with Gasteiger partial charge in [-0.1, -0.05) is 25.4 Å². The lowest BCUT2D eigenvalue weighted by Gasteiger charge is -2.30. The molecule has 2 unspecified atom stereocenters. The van der Waals surface area contributed by atoms with Crippen LogP contribution < -0.4 is 5.32 Å². The summed E-state index contributed by atoms with van der Waals surface area (Å²) in [5.41, 5.74) is 2.10. The molecule has 0 amide bonds. The van der Waals surface area contributed by atoms with Gasteiger partial charge in [-0.3, -0.25) is 9.58 Å². The number of rotatable bonds is 4. The van der Waals surface area contributed by atoms with Gasteiger partial charge in [0, 0.05) is 31.7 Å². The molecule has 1 aliphatic heterocycles. The Kier molecular flexibility index (Phi) is 5.69. The van der Waals surface area contributed by atoms with Gasteiger partial charge in [0.25, 0.3) is 0 Å². The van der Waals surface area contributed by atoms with Gasteiger partial charge >= 0.3 is 0 Å². The van der Waals surface area contributed by atoms with E-state index in [1.54, 1.807) is 0 Å². The second-order valence-electron chi connectivity index (χ2n) is 6.53. The first-order chi connectivity index (χ1) is 9.93. The quantitative estimate of drug-likeness (QED) is 0.927. The van der Waals surface area contributed by atoms with E-state index in [1.807, 2.05) is 11.6 Å². The van der Waals surface area contributed by atoms with E-state index in [0.717, 1.165) is 42.6 Å². The highest BCUT2D eigenvalue weighted by Gasteiger charge is 2.26. The fraction of sp³-hybridized carbons (Fsp3) is 0.812. The predicted molar refractivity (Wildman–Crippen MR) is 88.8 cm³/mol. The van der Waals surface area contributed by atoms with E-state index in [-0.39, 0.29) is 0 Å². The lowest BCUT2D eigenvalue weighted by Crippen LogP contribution is -2.42. The standard InChI is InChI=1S/C16H29ClN4/c1-6-21-15(16(17)13(5)19-21)10-20-9-14(11(2)3)18-8-7-12(20)4/h11-12,14,18H,6-10H2,1-5H3. The van der Waals surface area contributed by atoms with Crippen molar-refractivity contribution in [3.8, 4) is 0 Å². The van der Waals surface area contributed by atoms with Crippen LogP contribution in [0.1, 0.15) is 45.5 Å². The van der Waals surface area contributed by atoms with Crippen LogP contribution in [0, 0.1) is 12.8 Å². The molecule has 0 aromatic carbocycles. The molecule has 1 aromatic heterocycles. The number of hydrogen-bond donors (Lipinski definition) is 1. The van der Waals surface area contributed by atoms with Gasteiger partial charge in [0.15, 0.2) is 0 Å². The summed E-state index contributed by atoms with van der Waals surface area (Å²) < 4.78 is 2.05. The Balaban J connectivity index is 2.19. The number of nitrogens with one attached hydrogen (secondary N) is 1. The minimum Gasteiger partial charge on any atom is -0.312 e. The number of aryl methyl sites for hydroxylation is 2. The molecule has 2 rings (SSSR count). The van der Waals surface area contributed by atoms with Crippen molar-refractivity contribution in [2.45, 2.75) is 66.2 Å². The zero-order valence-corrected chi connectivity index (χ0v) is 14.7. The van der Waals surface area contributed by atoms with E-state index < -0.39 is 0 Å². The van der Waals surface area contributed by atoms with Gasteiger partial charge in [-0.15, -0.1) is 0 Å². The van der Waals surface area contributed by atoms with Crippen LogP contribution in [-0.4, -0.2) is 39.9 Å². The highest BCUT2D eigenvalue weighted by atomic mass is 35.5. The SMILES string of the molecule is CCn1nc(C)c(Cl)c1CN1CC(C(C)C)NCCC1C. The summed E-state index contributed by atoms with van der Waals surface area (Å²) in [6, 6.07) is 1.12. The Hall–Kier alpha value is -0.580. The summed E-state index contributed by atoms with van der Waals surface area (Å²) in [6.45, 7) is 14.9. The van der Waals surface area contributed by atoms with Crippen LogP contribution in [0.15, 0.2) is 0 Å². The molecule has 1 aliphatic rings. The second kappa shape index (κ2) is 7.12. The van der Waals surface area contributed by atoms with Gasteiger partial charge in [0.05, 0.1) is 16.4 Å². The molecule has 2 heterocycles. The molecule has 1 saturated heterocycles. The molecule has 5 heteroatoms. The van der Waals surface area contributed by atoms with Crippen LogP contribution in [0.25, 0.3) is 0 Å². The van der Waals surface area contributed by atoms with Crippen LogP contribution in [0.2, 0.25) is 5.02 Å². The Morgan fingerprint density at radius 3 is 2.76 bits per heavy atom. The van der Waals surface area contributed by atoms with E-state index in [0.29, 0.717) is 18.0 Å². The van der Waals surface area contributed by atoms with Gasteiger partial charge < -0.3 is 5.32 Å². The number of halogens is 1. The summed E-state index contributed by atoms with van der Waals surface area (Å²) in [7, 11) is 0. The number of aromatic nitrogens is 2. The maximum absolute atomic E-state index is 6.47. The Morgan fingerprint density at radius 1 is 1.43 bits per heavy atom. The molecular weight excluding hydrogens is 284 g/mol. The average Bonchev–Trinajstić information content (AvgIpc) is 2.61. The molecule has 0 radical (unpaired) electrons. The third-order valence-electron chi connectivity index (χ3n) is 4.63. The second-order valence-corrected chi connectivity index (χ2v) is 6.91. The predicted octanol–water partition coefficient (Wildman–Crippen LogP) is 3.07. The summed E-state index contributed by atoms with van der Waals surface area (Å²) in [4.78, 5) is 2.55. The Labute approximate surface area is 133 Å². The molecule has 0 bridgehead atoms. The van der Waals surface area contributed by atoms with Crippen molar-refractivity contribution >= 4 is 11.6 Å². The summed E-state index contributed by atoms with van der Waals surface area (Å²) >= 11 is 6.47. The van der Waals surface area contributed by atoms with Crippen molar-refractivity contribution in [1.29, 1.82) is 0 Å². The van der Waals surface area contributed by atoms with Crippen molar-refractivity contribution in [1.82, 2.24) is 20.0 Å². The van der Waals surface area contributed by atoms with Crippen molar-refractivity contribution < 1.29 is 0 Å². The first-order valence-electron chi connectivity index (χ1n) is 8.13. The molecule has 0 spiro atoms. The molecule has 4 nitrogen and oxygen atoms in total. The molecule has 1 N–H and O–H groups in total. The van der Waals surface area contributed by atoms with E-state index >= 15 is 0 Å². The maximum Gasteiger partial charge on any atom is 0.0860 e. The normalized spacial score (nSPS) is 24.5. The van der Waals surface area contributed by atoms with Crippen LogP contribution in [0.4, 0.5) is 0 Å². The molecule has 0 saturated carbocycles. The van der Waals surface area contributed by atoms with Crippen molar-refractivity contribution in [3.05, 3.63) is 16.4 Å². The first kappa shape index (κ1) is 16.8. The molecule has 21 heavy (non-hydrogen) atoms. The van der Waals surface area contributed by atoms with Crippen LogP contribution in [0.3, 0.4) is 0 Å². The van der Waals surface area contributed by atoms with Crippen LogP contribution in [-0.2, 0) is 13.1 Å². The third-order valence-corrected chi connectivity index (χ3v) is 5.13. The zero-order chi connectivity index (χ0) is 15.6. The Bertz CT molecular complexity index is 469. The smallest absolute Gasteiger partial charge is 0.0860 e. The molecule has 0 aliphatic carbocycles. The van der Waals surface area contributed by atoms with E-state index in [4.69, 9.17) is 11.6 Å². The molecule has 1 aromatic rings. The fourth-order valence-electron chi connectivity index (χ4n) is 3.04. The minimum atomic E-state index is 0.549. The molecule has 2 atom stereocenters. The highest BCUT2D eigenvalue weighted by Crippen LogP contribution is 2.24. The lowest BCUT2D eigenvalue weighted by molar-refractivity contribution is 0.179. The van der Waals surface area contributed by atoms with Gasteiger partial charge in [-0.25, -0.2) is 0 Å². The number of hydrogen-bond acceptors (Lipinski definition) is 3. The monoisotopic (exact) mass is 312 g/mol. The van der Waals surface area contributed by atoms with E-state index in [1.165, 1.54) is 6.42 Å². The van der Waals surface area contributed by atoms with Crippen molar-refractivity contribution in [2.75, 3.05) is 13.1 Å². The van der Waals surface area contributed by atoms with E-state index in [9.17, 15) is 0 Å². The minimum absolute atomic E-state index is 0.549. The van der Waals surface area contributed by atoms with Crippen LogP contribution >= 0.6 is 11.6 Å². The number of nitrogens with zero attached hydrogens (tertiary/aromatic N) is 3. The fourth-order valence-corrected chi connectivity index (χ4v) is 3.23. The van der Waals surface area contributed by atoms with Crippen molar-refractivity contribution in [2.24, 2.45) is 5.92 Å².